The molecule has 1 aromatic carbocycles. The van der Waals surface area contributed by atoms with E-state index in [1.54, 1.807) is 4.90 Å². The molecule has 0 spiro atoms. The molecule has 0 aromatic heterocycles. The molecule has 0 radical (unpaired) electrons. The number of carbonyl (C=O) groups excluding carboxylic acids is 3. The quantitative estimate of drug-likeness (QED) is 0.252. The maximum atomic E-state index is 13.6. The highest BCUT2D eigenvalue weighted by Gasteiger charge is 2.63. The maximum absolute atomic E-state index is 13.6. The van der Waals surface area contributed by atoms with Crippen molar-refractivity contribution in [3.8, 4) is 11.5 Å². The number of fused-ring (bicyclic) bond motifs is 2. The van der Waals surface area contributed by atoms with Crippen molar-refractivity contribution >= 4 is 29.5 Å². The van der Waals surface area contributed by atoms with Crippen LogP contribution in [0.5, 0.6) is 11.5 Å². The number of esters is 1. The van der Waals surface area contributed by atoms with E-state index in [2.05, 4.69) is 26.1 Å². The fourth-order valence-electron chi connectivity index (χ4n) is 6.78. The number of nitrogens with zero attached hydrogens (tertiary/aromatic N) is 1. The van der Waals surface area contributed by atoms with Gasteiger partial charge in [0.1, 0.15) is 24.3 Å². The first-order chi connectivity index (χ1) is 18.4. The van der Waals surface area contributed by atoms with Crippen molar-refractivity contribution in [2.24, 2.45) is 16.7 Å². The van der Waals surface area contributed by atoms with Gasteiger partial charge in [0.05, 0.1) is 0 Å². The lowest BCUT2D eigenvalue weighted by Crippen LogP contribution is -2.54. The Labute approximate surface area is 234 Å². The molecule has 3 fully saturated rings. The van der Waals surface area contributed by atoms with Crippen LogP contribution in [0.15, 0.2) is 18.2 Å². The number of hydrogen-bond donors (Lipinski definition) is 4. The highest BCUT2D eigenvalue weighted by molar-refractivity contribution is 7.98. The summed E-state index contributed by atoms with van der Waals surface area (Å²) in [5.41, 5.74) is 0.496. The highest BCUT2D eigenvalue weighted by atomic mass is 32.2. The van der Waals surface area contributed by atoms with Gasteiger partial charge in [-0.25, -0.2) is 4.79 Å². The Morgan fingerprint density at radius 2 is 1.92 bits per heavy atom. The molecule has 2 bridgehead atoms. The fourth-order valence-corrected chi connectivity index (χ4v) is 7.25. The van der Waals surface area contributed by atoms with Crippen molar-refractivity contribution in [3.05, 3.63) is 23.8 Å². The number of aliphatic hydroxyl groups is 1. The Morgan fingerprint density at radius 1 is 1.18 bits per heavy atom. The molecule has 1 aliphatic heterocycles. The van der Waals surface area contributed by atoms with Gasteiger partial charge < -0.3 is 30.3 Å². The molecule has 4 rings (SSSR count). The van der Waals surface area contributed by atoms with Crippen LogP contribution in [0, 0.1) is 16.7 Å². The molecule has 1 aromatic rings. The van der Waals surface area contributed by atoms with Crippen LogP contribution in [0.25, 0.3) is 0 Å². The van der Waals surface area contributed by atoms with Crippen LogP contribution in [0.2, 0.25) is 0 Å². The minimum absolute atomic E-state index is 0.0694. The summed E-state index contributed by atoms with van der Waals surface area (Å²) < 4.78 is 6.11. The third-order valence-electron chi connectivity index (χ3n) is 9.78. The van der Waals surface area contributed by atoms with Gasteiger partial charge >= 0.3 is 5.97 Å². The van der Waals surface area contributed by atoms with Crippen molar-refractivity contribution in [1.29, 1.82) is 0 Å². The third-order valence-corrected chi connectivity index (χ3v) is 10.4. The summed E-state index contributed by atoms with van der Waals surface area (Å²) in [6.07, 6.45) is 4.80. The number of amides is 2. The Morgan fingerprint density at radius 3 is 2.54 bits per heavy atom. The number of benzene rings is 1. The number of nitrogens with one attached hydrogen (secondary N) is 1. The Kier molecular flexibility index (Phi) is 8.76. The molecule has 10 heteroatoms. The van der Waals surface area contributed by atoms with Crippen LogP contribution in [0.3, 0.4) is 0 Å². The van der Waals surface area contributed by atoms with E-state index in [0.717, 1.165) is 19.3 Å². The van der Waals surface area contributed by atoms with E-state index in [0.29, 0.717) is 43.0 Å². The summed E-state index contributed by atoms with van der Waals surface area (Å²) in [6, 6.07) is 2.49. The molecule has 1 heterocycles. The lowest BCUT2D eigenvalue weighted by atomic mass is 9.70. The minimum Gasteiger partial charge on any atom is -0.504 e. The number of phenolic OH excluding ortho intramolecular Hbond substituents is 2. The lowest BCUT2D eigenvalue weighted by molar-refractivity contribution is -0.165. The molecule has 3 unspecified atom stereocenters. The van der Waals surface area contributed by atoms with Crippen molar-refractivity contribution < 1.29 is 34.4 Å². The maximum Gasteiger partial charge on any atom is 0.329 e. The number of likely N-dealkylation sites (tertiary alicyclic amines) is 1. The van der Waals surface area contributed by atoms with Gasteiger partial charge in [-0.05, 0) is 79.6 Å². The van der Waals surface area contributed by atoms with Crippen molar-refractivity contribution in [1.82, 2.24) is 10.2 Å². The number of carbonyl (C=O) groups is 3. The monoisotopic (exact) mass is 562 g/mol. The minimum atomic E-state index is -1.46. The van der Waals surface area contributed by atoms with Gasteiger partial charge in [0.25, 0.3) is 0 Å². The zero-order valence-electron chi connectivity index (χ0n) is 23.3. The van der Waals surface area contributed by atoms with Gasteiger partial charge in [-0.3, -0.25) is 9.59 Å². The summed E-state index contributed by atoms with van der Waals surface area (Å²) in [5, 5.41) is 32.4. The number of ether oxygens (including phenoxy) is 1. The molecule has 3 aliphatic rings. The van der Waals surface area contributed by atoms with Gasteiger partial charge in [-0.15, -0.1) is 0 Å². The first-order valence-corrected chi connectivity index (χ1v) is 15.3. The predicted molar refractivity (Wildman–Crippen MR) is 148 cm³/mol. The Bertz CT molecular complexity index is 1100. The number of phenols is 2. The normalized spacial score (nSPS) is 28.7. The number of aliphatic hydroxyl groups excluding tert-OH is 1. The first kappa shape index (κ1) is 29.5. The smallest absolute Gasteiger partial charge is 0.329 e. The molecule has 39 heavy (non-hydrogen) atoms. The molecular formula is C29H42N2O7S. The average Bonchev–Trinajstić information content (AvgIpc) is 3.52. The molecule has 9 nitrogen and oxygen atoms in total. The highest BCUT2D eigenvalue weighted by Crippen LogP contribution is 2.66. The topological polar surface area (TPSA) is 136 Å². The van der Waals surface area contributed by atoms with Crippen LogP contribution in [-0.2, 0) is 25.5 Å². The molecular weight excluding hydrogens is 520 g/mol. The molecule has 4 N–H and O–H groups in total. The zero-order chi connectivity index (χ0) is 28.5. The Hall–Kier alpha value is -2.46. The Balaban J connectivity index is 1.40. The van der Waals surface area contributed by atoms with E-state index in [1.165, 1.54) is 30.0 Å². The van der Waals surface area contributed by atoms with E-state index < -0.39 is 24.1 Å². The van der Waals surface area contributed by atoms with Crippen LogP contribution in [-0.4, -0.2) is 80.8 Å². The van der Waals surface area contributed by atoms with E-state index in [-0.39, 0.29) is 46.7 Å². The van der Waals surface area contributed by atoms with E-state index >= 15 is 0 Å². The van der Waals surface area contributed by atoms with E-state index in [9.17, 15) is 29.7 Å². The van der Waals surface area contributed by atoms with Crippen LogP contribution in [0.4, 0.5) is 0 Å². The van der Waals surface area contributed by atoms with Gasteiger partial charge in [-0.1, -0.05) is 26.8 Å². The SMILES string of the molecule is CSCC[C@H](NC(=O)[C@H](O)Cc1ccc(O)c(O)c1)C(=O)N1CCC[C@H]1C(=O)OC1CC2CCC1(C)C2(C)C. The second-order valence-electron chi connectivity index (χ2n) is 12.1. The van der Waals surface area contributed by atoms with Crippen molar-refractivity contribution in [2.45, 2.75) is 90.0 Å². The number of aromatic hydroxyl groups is 2. The summed E-state index contributed by atoms with van der Waals surface area (Å²) >= 11 is 1.54. The molecule has 2 aliphatic carbocycles. The van der Waals surface area contributed by atoms with E-state index in [4.69, 9.17) is 4.74 Å². The predicted octanol–water partition coefficient (Wildman–Crippen LogP) is 2.99. The summed E-state index contributed by atoms with van der Waals surface area (Å²) in [4.78, 5) is 41.4. The van der Waals surface area contributed by atoms with E-state index in [1.807, 2.05) is 6.26 Å². The molecule has 2 saturated carbocycles. The van der Waals surface area contributed by atoms with Crippen molar-refractivity contribution in [3.63, 3.8) is 0 Å². The number of rotatable bonds is 10. The largest absolute Gasteiger partial charge is 0.504 e. The zero-order valence-corrected chi connectivity index (χ0v) is 24.1. The molecule has 6 atom stereocenters. The standard InChI is InChI=1S/C29H42N2O7S/c1-28(2)18-9-11-29(28,3)24(16-18)38-27(37)20-6-5-12-31(20)26(36)19(10-13-39-4)30-25(35)23(34)15-17-7-8-21(32)22(33)14-17/h7-8,14,18-20,23-24,32-34H,5-6,9-13,15-16H2,1-4H3,(H,30,35)/t18?,19-,20-,23+,24?,29?/m0/s1. The second kappa shape index (κ2) is 11.6. The van der Waals surface area contributed by atoms with Crippen molar-refractivity contribution in [2.75, 3.05) is 18.6 Å². The number of hydrogen-bond acceptors (Lipinski definition) is 8. The fraction of sp³-hybridized carbons (Fsp3) is 0.690. The van der Waals surface area contributed by atoms with Gasteiger partial charge in [0.2, 0.25) is 11.8 Å². The molecule has 2 amide bonds. The average molecular weight is 563 g/mol. The van der Waals surface area contributed by atoms with Crippen LogP contribution < -0.4 is 5.32 Å². The van der Waals surface area contributed by atoms with Crippen LogP contribution >= 0.6 is 11.8 Å². The lowest BCUT2D eigenvalue weighted by Gasteiger charge is -2.39. The van der Waals surface area contributed by atoms with Crippen LogP contribution in [0.1, 0.15) is 64.9 Å². The number of thioether (sulfide) groups is 1. The third kappa shape index (κ3) is 5.73. The van der Waals surface area contributed by atoms with Gasteiger partial charge in [-0.2, -0.15) is 11.8 Å². The summed E-state index contributed by atoms with van der Waals surface area (Å²) in [7, 11) is 0. The molecule has 216 valence electrons. The summed E-state index contributed by atoms with van der Waals surface area (Å²) in [5.74, 6) is -0.913. The van der Waals surface area contributed by atoms with Gasteiger partial charge in [0, 0.05) is 18.4 Å². The summed E-state index contributed by atoms with van der Waals surface area (Å²) in [6.45, 7) is 7.16. The van der Waals surface area contributed by atoms with Gasteiger partial charge in [0.15, 0.2) is 11.5 Å². The second-order valence-corrected chi connectivity index (χ2v) is 13.1. The molecule has 1 saturated heterocycles. The first-order valence-electron chi connectivity index (χ1n) is 13.9.